The molecule has 1 heterocycles. The van der Waals surface area contributed by atoms with Gasteiger partial charge in [0.2, 0.25) is 0 Å². The van der Waals surface area contributed by atoms with Gasteiger partial charge in [0.25, 0.3) is 0 Å². The Bertz CT molecular complexity index is 429. The largest absolute Gasteiger partial charge is 0.487 e. The molecule has 1 aromatic heterocycles. The molecule has 0 radical (unpaired) electrons. The molecule has 15 heavy (non-hydrogen) atoms. The minimum Gasteiger partial charge on any atom is -0.487 e. The Morgan fingerprint density at radius 1 is 1.07 bits per heavy atom. The Morgan fingerprint density at radius 3 is 2.60 bits per heavy atom. The Hall–Kier alpha value is -2.03. The quantitative estimate of drug-likeness (QED) is 0.826. The third-order valence-corrected chi connectivity index (χ3v) is 2.04. The molecule has 0 saturated heterocycles. The van der Waals surface area contributed by atoms with Crippen molar-refractivity contribution in [3.8, 4) is 5.75 Å². The average molecular weight is 200 g/mol. The van der Waals surface area contributed by atoms with Crippen LogP contribution in [0.15, 0.2) is 48.7 Å². The Balaban J connectivity index is 2.03. The van der Waals surface area contributed by atoms with Crippen LogP contribution in [-0.4, -0.2) is 4.98 Å². The second-order valence-electron chi connectivity index (χ2n) is 3.14. The van der Waals surface area contributed by atoms with Crippen molar-refractivity contribution in [2.75, 3.05) is 5.73 Å². The maximum Gasteiger partial charge on any atom is 0.132 e. The highest BCUT2D eigenvalue weighted by Gasteiger charge is 1.99. The molecular formula is C12H12N2O. The molecule has 2 N–H and O–H groups in total. The third-order valence-electron chi connectivity index (χ3n) is 2.04. The van der Waals surface area contributed by atoms with Crippen molar-refractivity contribution in [3.05, 3.63) is 54.4 Å². The summed E-state index contributed by atoms with van der Waals surface area (Å²) >= 11 is 0. The summed E-state index contributed by atoms with van der Waals surface area (Å²) in [6.45, 7) is 0.399. The molecule has 0 atom stereocenters. The van der Waals surface area contributed by atoms with Crippen LogP contribution >= 0.6 is 0 Å². The fraction of sp³-hybridized carbons (Fsp3) is 0.0833. The predicted octanol–water partition coefficient (Wildman–Crippen LogP) is 2.24. The first-order valence-electron chi connectivity index (χ1n) is 4.73. The molecule has 0 aliphatic carbocycles. The predicted molar refractivity (Wildman–Crippen MR) is 59.4 cm³/mol. The number of rotatable bonds is 3. The Kier molecular flexibility index (Phi) is 2.83. The van der Waals surface area contributed by atoms with E-state index in [9.17, 15) is 0 Å². The number of hydrogen-bond donors (Lipinski definition) is 1. The molecule has 2 aromatic rings. The Morgan fingerprint density at radius 2 is 1.87 bits per heavy atom. The summed E-state index contributed by atoms with van der Waals surface area (Å²) in [6.07, 6.45) is 1.71. The fourth-order valence-corrected chi connectivity index (χ4v) is 1.24. The fourth-order valence-electron chi connectivity index (χ4n) is 1.24. The zero-order valence-corrected chi connectivity index (χ0v) is 8.26. The van der Waals surface area contributed by atoms with E-state index in [1.165, 1.54) is 0 Å². The van der Waals surface area contributed by atoms with E-state index in [0.29, 0.717) is 12.3 Å². The number of aromatic nitrogens is 1. The minimum absolute atomic E-state index is 0.399. The van der Waals surface area contributed by atoms with Crippen LogP contribution in [-0.2, 0) is 6.61 Å². The van der Waals surface area contributed by atoms with Gasteiger partial charge in [0.15, 0.2) is 0 Å². The summed E-state index contributed by atoms with van der Waals surface area (Å²) in [5, 5.41) is 0. The standard InChI is InChI=1S/C12H12N2O/c13-11-7-4-8-14-12(11)9-15-10-5-2-1-3-6-10/h1-8H,9,13H2. The van der Waals surface area contributed by atoms with Gasteiger partial charge in [-0.15, -0.1) is 0 Å². The van der Waals surface area contributed by atoms with Gasteiger partial charge in [-0.1, -0.05) is 18.2 Å². The molecule has 0 unspecified atom stereocenters. The van der Waals surface area contributed by atoms with Crippen LogP contribution in [0.4, 0.5) is 5.69 Å². The molecule has 0 amide bonds. The molecule has 1 aromatic carbocycles. The molecule has 76 valence electrons. The first-order valence-corrected chi connectivity index (χ1v) is 4.73. The molecule has 0 fully saturated rings. The van der Waals surface area contributed by atoms with E-state index in [2.05, 4.69) is 4.98 Å². The summed E-state index contributed by atoms with van der Waals surface area (Å²) in [4.78, 5) is 4.14. The highest BCUT2D eigenvalue weighted by molar-refractivity contribution is 5.41. The molecule has 0 spiro atoms. The summed E-state index contributed by atoms with van der Waals surface area (Å²) in [5.41, 5.74) is 7.17. The van der Waals surface area contributed by atoms with Gasteiger partial charge in [0, 0.05) is 6.20 Å². The van der Waals surface area contributed by atoms with Gasteiger partial charge >= 0.3 is 0 Å². The lowest BCUT2D eigenvalue weighted by Crippen LogP contribution is -2.02. The summed E-state index contributed by atoms with van der Waals surface area (Å²) in [5.74, 6) is 0.822. The first-order chi connectivity index (χ1) is 7.36. The molecule has 3 heteroatoms. The highest BCUT2D eigenvalue weighted by atomic mass is 16.5. The van der Waals surface area contributed by atoms with Gasteiger partial charge < -0.3 is 10.5 Å². The maximum atomic E-state index is 5.74. The van der Waals surface area contributed by atoms with Crippen molar-refractivity contribution < 1.29 is 4.74 Å². The van der Waals surface area contributed by atoms with Crippen LogP contribution in [0.5, 0.6) is 5.75 Å². The summed E-state index contributed by atoms with van der Waals surface area (Å²) < 4.78 is 5.53. The molecule has 2 rings (SSSR count). The summed E-state index contributed by atoms with van der Waals surface area (Å²) in [7, 11) is 0. The monoisotopic (exact) mass is 200 g/mol. The van der Waals surface area contributed by atoms with Crippen LogP contribution in [0.2, 0.25) is 0 Å². The average Bonchev–Trinajstić information content (AvgIpc) is 2.29. The lowest BCUT2D eigenvalue weighted by Gasteiger charge is -2.06. The number of pyridine rings is 1. The number of benzene rings is 1. The lowest BCUT2D eigenvalue weighted by atomic mass is 10.3. The zero-order valence-electron chi connectivity index (χ0n) is 8.26. The zero-order chi connectivity index (χ0) is 10.5. The van der Waals surface area contributed by atoms with Crippen LogP contribution in [0.3, 0.4) is 0 Å². The molecule has 0 aliphatic rings. The van der Waals surface area contributed by atoms with E-state index in [1.54, 1.807) is 12.3 Å². The van der Waals surface area contributed by atoms with Gasteiger partial charge in [0.1, 0.15) is 18.1 Å². The van der Waals surface area contributed by atoms with Crippen LogP contribution in [0.25, 0.3) is 0 Å². The number of nitrogen functional groups attached to an aromatic ring is 1. The highest BCUT2D eigenvalue weighted by Crippen LogP contribution is 2.13. The van der Waals surface area contributed by atoms with Crippen molar-refractivity contribution in [1.29, 1.82) is 0 Å². The molecule has 0 aliphatic heterocycles. The van der Waals surface area contributed by atoms with E-state index < -0.39 is 0 Å². The van der Waals surface area contributed by atoms with Crippen LogP contribution < -0.4 is 10.5 Å². The number of para-hydroxylation sites is 1. The van der Waals surface area contributed by atoms with Crippen LogP contribution in [0.1, 0.15) is 5.69 Å². The molecule has 3 nitrogen and oxygen atoms in total. The van der Waals surface area contributed by atoms with E-state index in [-0.39, 0.29) is 0 Å². The number of hydrogen-bond acceptors (Lipinski definition) is 3. The smallest absolute Gasteiger partial charge is 0.132 e. The van der Waals surface area contributed by atoms with E-state index in [4.69, 9.17) is 10.5 Å². The topological polar surface area (TPSA) is 48.1 Å². The van der Waals surface area contributed by atoms with Crippen molar-refractivity contribution in [2.45, 2.75) is 6.61 Å². The molecule has 0 bridgehead atoms. The normalized spacial score (nSPS) is 9.87. The van der Waals surface area contributed by atoms with Gasteiger partial charge in [0.05, 0.1) is 5.69 Å². The lowest BCUT2D eigenvalue weighted by molar-refractivity contribution is 0.302. The van der Waals surface area contributed by atoms with Crippen molar-refractivity contribution in [1.82, 2.24) is 4.98 Å². The molecule has 0 saturated carbocycles. The minimum atomic E-state index is 0.399. The number of nitrogens with two attached hydrogens (primary N) is 1. The number of nitrogens with zero attached hydrogens (tertiary/aromatic N) is 1. The van der Waals surface area contributed by atoms with Gasteiger partial charge in [-0.25, -0.2) is 0 Å². The van der Waals surface area contributed by atoms with Gasteiger partial charge in [-0.3, -0.25) is 4.98 Å². The maximum absolute atomic E-state index is 5.74. The Labute approximate surface area is 88.5 Å². The van der Waals surface area contributed by atoms with Crippen molar-refractivity contribution in [3.63, 3.8) is 0 Å². The second kappa shape index (κ2) is 4.46. The van der Waals surface area contributed by atoms with Crippen LogP contribution in [0, 0.1) is 0 Å². The van der Waals surface area contributed by atoms with Gasteiger partial charge in [-0.2, -0.15) is 0 Å². The SMILES string of the molecule is Nc1cccnc1COc1ccccc1. The number of ether oxygens (including phenoxy) is 1. The third kappa shape index (κ3) is 2.47. The molecular weight excluding hydrogens is 188 g/mol. The van der Waals surface area contributed by atoms with Crippen molar-refractivity contribution in [2.24, 2.45) is 0 Å². The second-order valence-corrected chi connectivity index (χ2v) is 3.14. The number of anilines is 1. The van der Waals surface area contributed by atoms with E-state index in [1.807, 2.05) is 36.4 Å². The van der Waals surface area contributed by atoms with Crippen molar-refractivity contribution >= 4 is 5.69 Å². The van der Waals surface area contributed by atoms with E-state index in [0.717, 1.165) is 11.4 Å². The first kappa shape index (κ1) is 9.52. The van der Waals surface area contributed by atoms with E-state index >= 15 is 0 Å². The van der Waals surface area contributed by atoms with Gasteiger partial charge in [-0.05, 0) is 24.3 Å². The summed E-state index contributed by atoms with van der Waals surface area (Å²) in [6, 6.07) is 13.2.